The Morgan fingerprint density at radius 1 is 1.36 bits per heavy atom. The fourth-order valence-electron chi connectivity index (χ4n) is 0.718. The zero-order valence-corrected chi connectivity index (χ0v) is 8.24. The first-order valence-corrected chi connectivity index (χ1v) is 5.67. The van der Waals surface area contributed by atoms with E-state index in [-0.39, 0.29) is 11.8 Å². The molecule has 0 aromatic heterocycles. The maximum atomic E-state index is 11.1. The molecule has 0 aliphatic carbocycles. The van der Waals surface area contributed by atoms with Gasteiger partial charge in [0, 0.05) is 6.04 Å². The Morgan fingerprint density at radius 3 is 2.27 bits per heavy atom. The molecule has 0 radical (unpaired) electrons. The predicted molar refractivity (Wildman–Crippen MR) is 47.0 cm³/mol. The zero-order valence-electron chi connectivity index (χ0n) is 7.42. The molecular weight excluding hydrogens is 162 g/mol. The van der Waals surface area contributed by atoms with Crippen LogP contribution in [0.4, 0.5) is 0 Å². The largest absolute Gasteiger partial charge is 0.212 e. The SMILES string of the molecule is CCCS(=O)(=O)NC(C)CC. The summed E-state index contributed by atoms with van der Waals surface area (Å²) >= 11 is 0. The molecule has 0 heterocycles. The molecule has 0 amide bonds. The van der Waals surface area contributed by atoms with Gasteiger partial charge in [-0.2, -0.15) is 0 Å². The van der Waals surface area contributed by atoms with Crippen molar-refractivity contribution < 1.29 is 8.42 Å². The van der Waals surface area contributed by atoms with E-state index < -0.39 is 10.0 Å². The third-order valence-electron chi connectivity index (χ3n) is 1.47. The van der Waals surface area contributed by atoms with Gasteiger partial charge in [-0.1, -0.05) is 13.8 Å². The summed E-state index contributed by atoms with van der Waals surface area (Å²) in [7, 11) is -2.99. The van der Waals surface area contributed by atoms with Gasteiger partial charge in [-0.05, 0) is 19.8 Å². The van der Waals surface area contributed by atoms with Crippen LogP contribution in [-0.4, -0.2) is 20.2 Å². The summed E-state index contributed by atoms with van der Waals surface area (Å²) in [5.74, 6) is 0.233. The first-order valence-electron chi connectivity index (χ1n) is 4.01. The summed E-state index contributed by atoms with van der Waals surface area (Å²) in [5, 5.41) is 0. The van der Waals surface area contributed by atoms with Crippen molar-refractivity contribution in [3.63, 3.8) is 0 Å². The molecule has 1 N–H and O–H groups in total. The smallest absolute Gasteiger partial charge is 0.211 e. The number of nitrogens with one attached hydrogen (secondary N) is 1. The van der Waals surface area contributed by atoms with Gasteiger partial charge in [0.1, 0.15) is 0 Å². The second-order valence-corrected chi connectivity index (χ2v) is 4.62. The van der Waals surface area contributed by atoms with Crippen molar-refractivity contribution in [1.29, 1.82) is 0 Å². The zero-order chi connectivity index (χ0) is 8.91. The molecule has 0 aromatic carbocycles. The molecule has 0 saturated heterocycles. The topological polar surface area (TPSA) is 46.2 Å². The molecule has 0 bridgehead atoms. The molecule has 0 spiro atoms. The molecule has 3 nitrogen and oxygen atoms in total. The van der Waals surface area contributed by atoms with Crippen molar-refractivity contribution in [3.8, 4) is 0 Å². The average molecular weight is 179 g/mol. The van der Waals surface area contributed by atoms with Gasteiger partial charge in [-0.3, -0.25) is 0 Å². The van der Waals surface area contributed by atoms with Crippen LogP contribution in [0.3, 0.4) is 0 Å². The van der Waals surface area contributed by atoms with Gasteiger partial charge >= 0.3 is 0 Å². The van der Waals surface area contributed by atoms with E-state index in [0.717, 1.165) is 6.42 Å². The lowest BCUT2D eigenvalue weighted by Gasteiger charge is -2.10. The summed E-state index contributed by atoms with van der Waals surface area (Å²) < 4.78 is 24.8. The summed E-state index contributed by atoms with van der Waals surface area (Å²) in [6, 6.07) is 0.0616. The molecule has 0 fully saturated rings. The van der Waals surface area contributed by atoms with E-state index in [0.29, 0.717) is 6.42 Å². The molecule has 1 atom stereocenters. The molecule has 0 saturated carbocycles. The predicted octanol–water partition coefficient (Wildman–Crippen LogP) is 1.11. The van der Waals surface area contributed by atoms with Crippen LogP contribution in [0, 0.1) is 0 Å². The van der Waals surface area contributed by atoms with E-state index in [1.807, 2.05) is 20.8 Å². The van der Waals surface area contributed by atoms with Crippen molar-refractivity contribution in [2.45, 2.75) is 39.7 Å². The molecule has 0 rings (SSSR count). The van der Waals surface area contributed by atoms with Crippen molar-refractivity contribution >= 4 is 10.0 Å². The van der Waals surface area contributed by atoms with Gasteiger partial charge < -0.3 is 0 Å². The Balaban J connectivity index is 3.92. The van der Waals surface area contributed by atoms with Crippen LogP contribution in [0.1, 0.15) is 33.6 Å². The van der Waals surface area contributed by atoms with Crippen molar-refractivity contribution in [3.05, 3.63) is 0 Å². The highest BCUT2D eigenvalue weighted by Gasteiger charge is 2.10. The lowest BCUT2D eigenvalue weighted by Crippen LogP contribution is -2.33. The van der Waals surface area contributed by atoms with E-state index in [1.165, 1.54) is 0 Å². The first kappa shape index (κ1) is 10.9. The van der Waals surface area contributed by atoms with E-state index in [2.05, 4.69) is 4.72 Å². The lowest BCUT2D eigenvalue weighted by molar-refractivity contribution is 0.555. The van der Waals surface area contributed by atoms with Gasteiger partial charge in [-0.15, -0.1) is 0 Å². The van der Waals surface area contributed by atoms with Crippen molar-refractivity contribution in [1.82, 2.24) is 4.72 Å². The monoisotopic (exact) mass is 179 g/mol. The molecule has 0 aliphatic heterocycles. The van der Waals surface area contributed by atoms with Crippen LogP contribution >= 0.6 is 0 Å². The molecule has 11 heavy (non-hydrogen) atoms. The number of sulfonamides is 1. The Bertz CT molecular complexity index is 187. The summed E-state index contributed by atoms with van der Waals surface area (Å²) in [5.41, 5.74) is 0. The average Bonchev–Trinajstić information content (AvgIpc) is 1.86. The van der Waals surface area contributed by atoms with E-state index in [1.54, 1.807) is 0 Å². The second kappa shape index (κ2) is 4.72. The van der Waals surface area contributed by atoms with Crippen LogP contribution in [0.25, 0.3) is 0 Å². The van der Waals surface area contributed by atoms with E-state index >= 15 is 0 Å². The first-order chi connectivity index (χ1) is 5.02. The quantitative estimate of drug-likeness (QED) is 0.687. The standard InChI is InChI=1S/C7H17NO2S/c1-4-6-11(9,10)8-7(3)5-2/h7-8H,4-6H2,1-3H3. The van der Waals surface area contributed by atoms with Gasteiger partial charge in [0.2, 0.25) is 10.0 Å². The van der Waals surface area contributed by atoms with Crippen molar-refractivity contribution in [2.24, 2.45) is 0 Å². The van der Waals surface area contributed by atoms with Crippen LogP contribution in [0.15, 0.2) is 0 Å². The molecular formula is C7H17NO2S. The lowest BCUT2D eigenvalue weighted by atomic mass is 10.3. The number of hydrogen-bond donors (Lipinski definition) is 1. The normalized spacial score (nSPS) is 14.8. The Hall–Kier alpha value is -0.0900. The molecule has 68 valence electrons. The minimum Gasteiger partial charge on any atom is -0.212 e. The Labute approximate surface area is 69.2 Å². The second-order valence-electron chi connectivity index (χ2n) is 2.75. The number of hydrogen-bond acceptors (Lipinski definition) is 2. The molecule has 4 heteroatoms. The maximum Gasteiger partial charge on any atom is 0.211 e. The third kappa shape index (κ3) is 5.21. The minimum absolute atomic E-state index is 0.0616. The highest BCUT2D eigenvalue weighted by atomic mass is 32.2. The fourth-order valence-corrected chi connectivity index (χ4v) is 2.15. The highest BCUT2D eigenvalue weighted by Crippen LogP contribution is 1.94. The van der Waals surface area contributed by atoms with Crippen LogP contribution in [0.5, 0.6) is 0 Å². The van der Waals surface area contributed by atoms with Crippen LogP contribution in [0.2, 0.25) is 0 Å². The van der Waals surface area contributed by atoms with Gasteiger partial charge in [0.25, 0.3) is 0 Å². The fraction of sp³-hybridized carbons (Fsp3) is 1.00. The number of rotatable bonds is 5. The van der Waals surface area contributed by atoms with Gasteiger partial charge in [-0.25, -0.2) is 13.1 Å². The van der Waals surface area contributed by atoms with Gasteiger partial charge in [0.15, 0.2) is 0 Å². The Morgan fingerprint density at radius 2 is 1.91 bits per heavy atom. The van der Waals surface area contributed by atoms with Crippen molar-refractivity contribution in [2.75, 3.05) is 5.75 Å². The summed E-state index contributed by atoms with van der Waals surface area (Å²) in [6.07, 6.45) is 1.51. The van der Waals surface area contributed by atoms with E-state index in [4.69, 9.17) is 0 Å². The summed E-state index contributed by atoms with van der Waals surface area (Å²) in [6.45, 7) is 5.68. The molecule has 0 aromatic rings. The highest BCUT2D eigenvalue weighted by molar-refractivity contribution is 7.89. The van der Waals surface area contributed by atoms with Crippen LogP contribution in [-0.2, 0) is 10.0 Å². The van der Waals surface area contributed by atoms with Gasteiger partial charge in [0.05, 0.1) is 5.75 Å². The summed E-state index contributed by atoms with van der Waals surface area (Å²) in [4.78, 5) is 0. The van der Waals surface area contributed by atoms with E-state index in [9.17, 15) is 8.42 Å². The Kier molecular flexibility index (Phi) is 4.68. The maximum absolute atomic E-state index is 11.1. The molecule has 0 aliphatic rings. The van der Waals surface area contributed by atoms with Crippen LogP contribution < -0.4 is 4.72 Å². The minimum atomic E-state index is -2.99. The third-order valence-corrected chi connectivity index (χ3v) is 3.17. The molecule has 1 unspecified atom stereocenters.